The summed E-state index contributed by atoms with van der Waals surface area (Å²) in [4.78, 5) is 16.2. The average molecular weight is 227 g/mol. The van der Waals surface area contributed by atoms with Crippen molar-refractivity contribution in [1.82, 2.24) is 9.80 Å². The van der Waals surface area contributed by atoms with Crippen LogP contribution in [0, 0.1) is 0 Å². The van der Waals surface area contributed by atoms with Gasteiger partial charge in [-0.25, -0.2) is 0 Å². The number of nitrogens with two attached hydrogens (primary N) is 1. The molecule has 4 heteroatoms. The van der Waals surface area contributed by atoms with E-state index in [9.17, 15) is 4.79 Å². The highest BCUT2D eigenvalue weighted by Crippen LogP contribution is 2.18. The summed E-state index contributed by atoms with van der Waals surface area (Å²) in [6.07, 6.45) is 1.02. The highest BCUT2D eigenvalue weighted by atomic mass is 16.2. The van der Waals surface area contributed by atoms with Crippen LogP contribution in [0.5, 0.6) is 0 Å². The van der Waals surface area contributed by atoms with Crippen molar-refractivity contribution in [3.63, 3.8) is 0 Å². The molecule has 94 valence electrons. The van der Waals surface area contributed by atoms with Gasteiger partial charge in [-0.2, -0.15) is 0 Å². The standard InChI is InChI=1S/C12H25N3O/c1-5-10(2)15-7-6-14(8-11(15)16)12(3,4)9-13/h10H,5-9,13H2,1-4H3. The summed E-state index contributed by atoms with van der Waals surface area (Å²) in [5.41, 5.74) is 5.66. The predicted molar refractivity (Wildman–Crippen MR) is 66.2 cm³/mol. The summed E-state index contributed by atoms with van der Waals surface area (Å²) in [5, 5.41) is 0. The van der Waals surface area contributed by atoms with Crippen LogP contribution in [-0.4, -0.2) is 53.5 Å². The maximum absolute atomic E-state index is 12.0. The Bertz CT molecular complexity index is 253. The minimum absolute atomic E-state index is 0.0722. The van der Waals surface area contributed by atoms with Crippen molar-refractivity contribution in [2.45, 2.75) is 45.7 Å². The third-order valence-electron chi connectivity index (χ3n) is 3.74. The van der Waals surface area contributed by atoms with Gasteiger partial charge in [0.05, 0.1) is 6.54 Å². The zero-order valence-electron chi connectivity index (χ0n) is 11.0. The number of carbonyl (C=O) groups excluding carboxylic acids is 1. The van der Waals surface area contributed by atoms with Gasteiger partial charge in [-0.1, -0.05) is 6.92 Å². The van der Waals surface area contributed by atoms with Crippen LogP contribution < -0.4 is 5.73 Å². The summed E-state index contributed by atoms with van der Waals surface area (Å²) >= 11 is 0. The lowest BCUT2D eigenvalue weighted by molar-refractivity contribution is -0.140. The van der Waals surface area contributed by atoms with E-state index < -0.39 is 0 Å². The highest BCUT2D eigenvalue weighted by molar-refractivity contribution is 5.79. The monoisotopic (exact) mass is 227 g/mol. The van der Waals surface area contributed by atoms with E-state index in [2.05, 4.69) is 32.6 Å². The maximum atomic E-state index is 12.0. The first-order chi connectivity index (χ1) is 7.42. The number of rotatable bonds is 4. The van der Waals surface area contributed by atoms with E-state index in [1.807, 2.05) is 4.90 Å². The Hall–Kier alpha value is -0.610. The molecule has 1 aliphatic rings. The van der Waals surface area contributed by atoms with Gasteiger partial charge in [-0.05, 0) is 27.2 Å². The number of carbonyl (C=O) groups is 1. The van der Waals surface area contributed by atoms with Crippen molar-refractivity contribution in [2.75, 3.05) is 26.2 Å². The van der Waals surface area contributed by atoms with E-state index in [1.165, 1.54) is 0 Å². The highest BCUT2D eigenvalue weighted by Gasteiger charge is 2.33. The smallest absolute Gasteiger partial charge is 0.237 e. The molecule has 0 aliphatic carbocycles. The summed E-state index contributed by atoms with van der Waals surface area (Å²) in [6, 6.07) is 0.357. The van der Waals surface area contributed by atoms with E-state index in [0.29, 0.717) is 19.1 Å². The van der Waals surface area contributed by atoms with Crippen LogP contribution in [0.3, 0.4) is 0 Å². The molecule has 1 amide bonds. The second-order valence-corrected chi connectivity index (χ2v) is 5.28. The van der Waals surface area contributed by atoms with Crippen molar-refractivity contribution in [3.05, 3.63) is 0 Å². The molecule has 16 heavy (non-hydrogen) atoms. The Morgan fingerprint density at radius 2 is 2.06 bits per heavy atom. The van der Waals surface area contributed by atoms with Crippen molar-refractivity contribution in [2.24, 2.45) is 5.73 Å². The lowest BCUT2D eigenvalue weighted by Crippen LogP contribution is -2.60. The van der Waals surface area contributed by atoms with Crippen LogP contribution in [0.25, 0.3) is 0 Å². The molecule has 1 atom stereocenters. The summed E-state index contributed by atoms with van der Waals surface area (Å²) in [5.74, 6) is 0.238. The molecule has 0 saturated carbocycles. The van der Waals surface area contributed by atoms with Crippen molar-refractivity contribution in [3.8, 4) is 0 Å². The summed E-state index contributed by atoms with van der Waals surface area (Å²) in [7, 11) is 0. The number of nitrogens with zero attached hydrogens (tertiary/aromatic N) is 2. The fraction of sp³-hybridized carbons (Fsp3) is 0.917. The number of amides is 1. The largest absolute Gasteiger partial charge is 0.338 e. The van der Waals surface area contributed by atoms with Gasteiger partial charge in [0, 0.05) is 31.2 Å². The molecule has 4 nitrogen and oxygen atoms in total. The minimum Gasteiger partial charge on any atom is -0.338 e. The molecular formula is C12H25N3O. The second-order valence-electron chi connectivity index (χ2n) is 5.28. The molecule has 1 heterocycles. The lowest BCUT2D eigenvalue weighted by atomic mass is 10.0. The molecule has 1 saturated heterocycles. The van der Waals surface area contributed by atoms with Crippen LogP contribution >= 0.6 is 0 Å². The van der Waals surface area contributed by atoms with Gasteiger partial charge in [-0.3, -0.25) is 9.69 Å². The van der Waals surface area contributed by atoms with E-state index in [0.717, 1.165) is 19.5 Å². The van der Waals surface area contributed by atoms with Crippen LogP contribution in [0.15, 0.2) is 0 Å². The average Bonchev–Trinajstić information content (AvgIpc) is 2.28. The molecule has 1 fully saturated rings. The molecule has 0 bridgehead atoms. The summed E-state index contributed by atoms with van der Waals surface area (Å²) in [6.45, 7) is 11.3. The zero-order valence-corrected chi connectivity index (χ0v) is 11.0. The molecule has 0 aromatic rings. The lowest BCUT2D eigenvalue weighted by Gasteiger charge is -2.44. The first kappa shape index (κ1) is 13.5. The molecule has 1 aliphatic heterocycles. The Labute approximate surface area is 98.8 Å². The Morgan fingerprint density at radius 1 is 1.44 bits per heavy atom. The molecule has 0 aromatic carbocycles. The van der Waals surface area contributed by atoms with E-state index in [-0.39, 0.29) is 11.4 Å². The number of hydrogen-bond donors (Lipinski definition) is 1. The van der Waals surface area contributed by atoms with Crippen molar-refractivity contribution >= 4 is 5.91 Å². The van der Waals surface area contributed by atoms with Gasteiger partial charge in [-0.15, -0.1) is 0 Å². The molecule has 0 spiro atoms. The van der Waals surface area contributed by atoms with Crippen LogP contribution in [0.1, 0.15) is 34.1 Å². The van der Waals surface area contributed by atoms with Gasteiger partial charge in [0.15, 0.2) is 0 Å². The van der Waals surface area contributed by atoms with Crippen LogP contribution in [0.4, 0.5) is 0 Å². The second kappa shape index (κ2) is 5.15. The third-order valence-corrected chi connectivity index (χ3v) is 3.74. The summed E-state index contributed by atoms with van der Waals surface area (Å²) < 4.78 is 0. The zero-order chi connectivity index (χ0) is 12.3. The van der Waals surface area contributed by atoms with Gasteiger partial charge in [0.1, 0.15) is 0 Å². The number of hydrogen-bond acceptors (Lipinski definition) is 3. The van der Waals surface area contributed by atoms with E-state index in [4.69, 9.17) is 5.73 Å². The minimum atomic E-state index is -0.0722. The molecule has 0 radical (unpaired) electrons. The first-order valence-corrected chi connectivity index (χ1v) is 6.17. The predicted octanol–water partition coefficient (Wildman–Crippen LogP) is 0.666. The quantitative estimate of drug-likeness (QED) is 0.768. The SMILES string of the molecule is CCC(C)N1CCN(C(C)(C)CN)CC1=O. The first-order valence-electron chi connectivity index (χ1n) is 6.17. The third kappa shape index (κ3) is 2.74. The van der Waals surface area contributed by atoms with Gasteiger partial charge in [0.2, 0.25) is 5.91 Å². The van der Waals surface area contributed by atoms with E-state index >= 15 is 0 Å². The van der Waals surface area contributed by atoms with Crippen molar-refractivity contribution in [1.29, 1.82) is 0 Å². The van der Waals surface area contributed by atoms with E-state index in [1.54, 1.807) is 0 Å². The molecular weight excluding hydrogens is 202 g/mol. The fourth-order valence-electron chi connectivity index (χ4n) is 2.02. The molecule has 1 unspecified atom stereocenters. The Balaban J connectivity index is 2.62. The molecule has 0 aromatic heterocycles. The van der Waals surface area contributed by atoms with Gasteiger partial charge >= 0.3 is 0 Å². The van der Waals surface area contributed by atoms with Gasteiger partial charge in [0.25, 0.3) is 0 Å². The Morgan fingerprint density at radius 3 is 2.50 bits per heavy atom. The molecule has 1 rings (SSSR count). The Kier molecular flexibility index (Phi) is 4.33. The van der Waals surface area contributed by atoms with Crippen molar-refractivity contribution < 1.29 is 4.79 Å². The fourth-order valence-corrected chi connectivity index (χ4v) is 2.02. The van der Waals surface area contributed by atoms with Gasteiger partial charge < -0.3 is 10.6 Å². The maximum Gasteiger partial charge on any atom is 0.237 e. The molecule has 2 N–H and O–H groups in total. The number of piperazine rings is 1. The van der Waals surface area contributed by atoms with Crippen LogP contribution in [0.2, 0.25) is 0 Å². The topological polar surface area (TPSA) is 49.6 Å². The normalized spacial score (nSPS) is 21.3. The van der Waals surface area contributed by atoms with Crippen LogP contribution in [-0.2, 0) is 4.79 Å².